The van der Waals surface area contributed by atoms with Crippen molar-refractivity contribution in [2.45, 2.75) is 103 Å². The van der Waals surface area contributed by atoms with Crippen molar-refractivity contribution in [1.29, 1.82) is 0 Å². The van der Waals surface area contributed by atoms with Crippen molar-refractivity contribution in [1.82, 2.24) is 9.13 Å². The van der Waals surface area contributed by atoms with Crippen LogP contribution >= 0.6 is 0 Å². The van der Waals surface area contributed by atoms with E-state index in [2.05, 4.69) is 384 Å². The van der Waals surface area contributed by atoms with Crippen LogP contribution in [-0.4, -0.2) is 15.8 Å². The van der Waals surface area contributed by atoms with Crippen LogP contribution in [0.15, 0.2) is 309 Å². The minimum Gasteiger partial charge on any atom is -0.311 e. The van der Waals surface area contributed by atoms with Gasteiger partial charge in [0.25, 0.3) is 6.71 Å². The Hall–Kier alpha value is -11.7. The third kappa shape index (κ3) is 10.0. The molecule has 0 spiro atoms. The maximum Gasteiger partial charge on any atom is 0.252 e. The Morgan fingerprint density at radius 1 is 0.229 bits per heavy atom. The highest BCUT2D eigenvalue weighted by molar-refractivity contribution is 7.00. The lowest BCUT2D eigenvalue weighted by Crippen LogP contribution is -2.61. The predicted molar refractivity (Wildman–Crippen MR) is 447 cm³/mol. The second kappa shape index (κ2) is 23.4. The van der Waals surface area contributed by atoms with Crippen LogP contribution in [0, 0.1) is 0 Å². The Bertz CT molecular complexity index is 6060. The molecule has 2 aliphatic heterocycles. The van der Waals surface area contributed by atoms with E-state index < -0.39 is 0 Å². The van der Waals surface area contributed by atoms with Crippen LogP contribution in [0.1, 0.15) is 103 Å². The van der Waals surface area contributed by atoms with E-state index in [1.54, 1.807) is 0 Å². The summed E-state index contributed by atoms with van der Waals surface area (Å²) in [6, 6.07) is 118. The third-order valence-corrected chi connectivity index (χ3v) is 24.8. The molecule has 20 rings (SSSR count). The minimum atomic E-state index is -0.179. The molecule has 2 aromatic heterocycles. The summed E-state index contributed by atoms with van der Waals surface area (Å²) < 4.78 is 5.06. The molecule has 5 heteroatoms. The summed E-state index contributed by atoms with van der Waals surface area (Å²) in [6.07, 6.45) is 4.70. The normalized spacial score (nSPS) is 15.7. The summed E-state index contributed by atoms with van der Waals surface area (Å²) >= 11 is 0. The Labute approximate surface area is 617 Å². The highest BCUT2D eigenvalue weighted by Gasteiger charge is 2.45. The first-order valence-electron chi connectivity index (χ1n) is 37.8. The molecular formula is C100H83BN4. The molecule has 105 heavy (non-hydrogen) atoms. The molecule has 0 radical (unpaired) electrons. The Balaban J connectivity index is 0.872. The molecular weight excluding hydrogens is 1270 g/mol. The molecule has 14 aromatic carbocycles. The fourth-order valence-corrected chi connectivity index (χ4v) is 18.9. The van der Waals surface area contributed by atoms with Gasteiger partial charge in [0.1, 0.15) is 0 Å². The summed E-state index contributed by atoms with van der Waals surface area (Å²) in [7, 11) is 0. The molecule has 4 heterocycles. The fourth-order valence-electron chi connectivity index (χ4n) is 18.9. The van der Waals surface area contributed by atoms with Gasteiger partial charge in [-0.15, -0.1) is 0 Å². The van der Waals surface area contributed by atoms with Gasteiger partial charge < -0.3 is 18.9 Å². The van der Waals surface area contributed by atoms with E-state index >= 15 is 0 Å². The molecule has 4 nitrogen and oxygen atoms in total. The van der Waals surface area contributed by atoms with E-state index in [-0.39, 0.29) is 28.4 Å². The Kier molecular flexibility index (Phi) is 14.1. The predicted octanol–water partition coefficient (Wildman–Crippen LogP) is 25.0. The van der Waals surface area contributed by atoms with Crippen LogP contribution in [0.25, 0.3) is 111 Å². The number of para-hydroxylation sites is 2. The number of fused-ring (bicyclic) bond motifs is 12. The van der Waals surface area contributed by atoms with Crippen molar-refractivity contribution >= 4 is 101 Å². The van der Waals surface area contributed by atoms with Gasteiger partial charge in [0.2, 0.25) is 0 Å². The van der Waals surface area contributed by atoms with Crippen molar-refractivity contribution in [3.8, 4) is 67.0 Å². The van der Waals surface area contributed by atoms with Crippen molar-refractivity contribution in [3.63, 3.8) is 0 Å². The number of nitrogens with zero attached hydrogens (tertiary/aromatic N) is 4. The molecule has 2 aliphatic carbocycles. The van der Waals surface area contributed by atoms with E-state index in [4.69, 9.17) is 0 Å². The molecule has 0 unspecified atom stereocenters. The quantitative estimate of drug-likeness (QED) is 0.134. The zero-order valence-electron chi connectivity index (χ0n) is 61.1. The molecule has 0 saturated carbocycles. The van der Waals surface area contributed by atoms with Crippen molar-refractivity contribution < 1.29 is 0 Å². The Morgan fingerprint density at radius 3 is 1.05 bits per heavy atom. The molecule has 0 amide bonds. The average molecular weight is 1350 g/mol. The summed E-state index contributed by atoms with van der Waals surface area (Å²) in [5.41, 5.74) is 35.8. The first kappa shape index (κ1) is 63.1. The van der Waals surface area contributed by atoms with E-state index in [9.17, 15) is 0 Å². The second-order valence-corrected chi connectivity index (χ2v) is 32.9. The zero-order valence-corrected chi connectivity index (χ0v) is 61.1. The molecule has 506 valence electrons. The van der Waals surface area contributed by atoms with Gasteiger partial charge in [-0.25, -0.2) is 0 Å². The second-order valence-electron chi connectivity index (χ2n) is 32.9. The number of hydrogen-bond acceptors (Lipinski definition) is 2. The molecule has 4 aliphatic rings. The van der Waals surface area contributed by atoms with Gasteiger partial charge in [-0.3, -0.25) is 0 Å². The van der Waals surface area contributed by atoms with Crippen molar-refractivity contribution in [3.05, 3.63) is 332 Å². The lowest BCUT2D eigenvalue weighted by molar-refractivity contribution is 0.332. The van der Waals surface area contributed by atoms with Gasteiger partial charge in [-0.2, -0.15) is 0 Å². The van der Waals surface area contributed by atoms with Crippen molar-refractivity contribution in [2.75, 3.05) is 9.80 Å². The molecule has 16 aromatic rings. The summed E-state index contributed by atoms with van der Waals surface area (Å²) in [6.45, 7) is 19.3. The van der Waals surface area contributed by atoms with E-state index in [0.717, 1.165) is 63.0 Å². The highest BCUT2D eigenvalue weighted by atomic mass is 15.2. The largest absolute Gasteiger partial charge is 0.311 e. The molecule has 0 bridgehead atoms. The number of aromatic nitrogens is 2. The van der Waals surface area contributed by atoms with E-state index in [1.807, 2.05) is 0 Å². The Morgan fingerprint density at radius 2 is 0.571 bits per heavy atom. The molecule has 0 atom stereocenters. The lowest BCUT2D eigenvalue weighted by atomic mass is 9.33. The first-order chi connectivity index (χ1) is 51.0. The molecule has 0 saturated heterocycles. The van der Waals surface area contributed by atoms with E-state index in [0.29, 0.717) is 0 Å². The van der Waals surface area contributed by atoms with Crippen LogP contribution in [-0.2, 0) is 21.7 Å². The monoisotopic (exact) mass is 1350 g/mol. The minimum absolute atomic E-state index is 0.0741. The smallest absolute Gasteiger partial charge is 0.252 e. The van der Waals surface area contributed by atoms with Gasteiger partial charge in [-0.1, -0.05) is 274 Å². The fraction of sp³-hybridized carbons (Fsp3) is 0.160. The first-order valence-corrected chi connectivity index (χ1v) is 37.8. The topological polar surface area (TPSA) is 16.3 Å². The van der Waals surface area contributed by atoms with E-state index in [1.165, 1.54) is 146 Å². The standard InChI is InChI=1S/C100H83BN4/c1-97(2)52-54-99(5,6)84-58-71(36-46-82(84)97)67-32-41-74(42-33-67)102-92-51-40-73(66-26-16-11-17-27-66)60-87(92)101-86-48-45-76(104-88-30-20-18-28-78(88)79-29-19-21-31-89(79)104)61-93(86)103(75-43-34-68(35-44-75)72-37-47-83-85(59-72)100(7,8)55-53-98(83,3)4)95-63-77(62-94(102)96(95)101)105-90-49-38-69(64-22-12-9-13-23-64)56-80(90)81-57-70(39-50-91(81)105)65-24-14-10-15-25-65/h9-51,56-63H,52-55H2,1-8H3. The van der Waals surface area contributed by atoms with Gasteiger partial charge in [0.05, 0.1) is 27.8 Å². The highest BCUT2D eigenvalue weighted by Crippen LogP contribution is 2.52. The molecule has 0 fully saturated rings. The van der Waals surface area contributed by atoms with Crippen LogP contribution in [0.5, 0.6) is 0 Å². The number of rotatable bonds is 9. The maximum absolute atomic E-state index is 2.63. The zero-order chi connectivity index (χ0) is 70.8. The summed E-state index contributed by atoms with van der Waals surface area (Å²) in [5, 5.41) is 4.89. The van der Waals surface area contributed by atoms with Crippen LogP contribution in [0.3, 0.4) is 0 Å². The summed E-state index contributed by atoms with van der Waals surface area (Å²) in [5.74, 6) is 0. The van der Waals surface area contributed by atoms with Crippen LogP contribution in [0.4, 0.5) is 34.1 Å². The lowest BCUT2D eigenvalue weighted by Gasteiger charge is -2.44. The van der Waals surface area contributed by atoms with Gasteiger partial charge in [0, 0.05) is 61.4 Å². The number of hydrogen-bond donors (Lipinski definition) is 0. The van der Waals surface area contributed by atoms with Gasteiger partial charge >= 0.3 is 0 Å². The SMILES string of the molecule is CC1(C)CCC(C)(C)c2cc(-c3ccc(N4c5ccc(-c6ccccc6)cc5B5c6ccc(-n7c8ccccc8c8ccccc87)cc6N(c6ccc(-c7ccc8c(c7)C(C)(C)CCC8(C)C)cc6)c6cc(-n7c8ccc(-c9ccccc9)cc8c8cc(-c9ccccc9)ccc87)cc4c65)cc3)ccc21. The van der Waals surface area contributed by atoms with Crippen LogP contribution < -0.4 is 26.2 Å². The van der Waals surface area contributed by atoms with Gasteiger partial charge in [-0.05, 0) is 233 Å². The summed E-state index contributed by atoms with van der Waals surface area (Å²) in [4.78, 5) is 5.24. The number of benzene rings is 14. The van der Waals surface area contributed by atoms with Crippen molar-refractivity contribution in [2.24, 2.45) is 0 Å². The maximum atomic E-state index is 2.63. The third-order valence-electron chi connectivity index (χ3n) is 24.8. The number of anilines is 6. The average Bonchev–Trinajstić information content (AvgIpc) is 1.26. The molecule has 0 N–H and O–H groups in total. The van der Waals surface area contributed by atoms with Crippen LogP contribution in [0.2, 0.25) is 0 Å². The van der Waals surface area contributed by atoms with Gasteiger partial charge in [0.15, 0.2) is 0 Å².